The molecule has 1 amide bonds. The molecular formula is C25H32N4O. The van der Waals surface area contributed by atoms with Gasteiger partial charge in [-0.05, 0) is 37.3 Å². The molecule has 2 aliphatic heterocycles. The average Bonchev–Trinajstić information content (AvgIpc) is 3.52. The molecule has 2 aromatic carbocycles. The van der Waals surface area contributed by atoms with E-state index < -0.39 is 0 Å². The van der Waals surface area contributed by atoms with E-state index in [0.29, 0.717) is 18.0 Å². The molecule has 5 nitrogen and oxygen atoms in total. The smallest absolute Gasteiger partial charge is 0.237 e. The number of carbonyl (C=O) groups excluding carboxylic acids is 1. The van der Waals surface area contributed by atoms with E-state index in [1.165, 1.54) is 11.1 Å². The van der Waals surface area contributed by atoms with Crippen LogP contribution in [-0.4, -0.2) is 48.1 Å². The second kappa shape index (κ2) is 8.50. The molecule has 2 saturated heterocycles. The molecular weight excluding hydrogens is 372 g/mol. The number of amides is 1. The highest BCUT2D eigenvalue weighted by Crippen LogP contribution is 2.37. The lowest BCUT2D eigenvalue weighted by atomic mass is 9.76. The minimum atomic E-state index is -0.0697. The predicted octanol–water partition coefficient (Wildman–Crippen LogP) is 2.65. The number of likely N-dealkylation sites (tertiary alicyclic amines) is 1. The van der Waals surface area contributed by atoms with Crippen molar-refractivity contribution < 1.29 is 4.79 Å². The Labute approximate surface area is 179 Å². The summed E-state index contributed by atoms with van der Waals surface area (Å²) in [4.78, 5) is 15.0. The minimum absolute atomic E-state index is 0.0697. The van der Waals surface area contributed by atoms with Crippen LogP contribution in [0.15, 0.2) is 60.7 Å². The van der Waals surface area contributed by atoms with Gasteiger partial charge in [0.15, 0.2) is 0 Å². The number of fused-ring (bicyclic) bond motifs is 1. The van der Waals surface area contributed by atoms with Gasteiger partial charge in [-0.3, -0.25) is 20.5 Å². The summed E-state index contributed by atoms with van der Waals surface area (Å²) in [5.41, 5.74) is 9.90. The quantitative estimate of drug-likeness (QED) is 0.693. The van der Waals surface area contributed by atoms with Crippen LogP contribution in [0.1, 0.15) is 43.2 Å². The molecule has 1 aliphatic carbocycles. The van der Waals surface area contributed by atoms with Gasteiger partial charge in [-0.25, -0.2) is 0 Å². The predicted molar refractivity (Wildman–Crippen MR) is 119 cm³/mol. The fourth-order valence-electron chi connectivity index (χ4n) is 5.19. The van der Waals surface area contributed by atoms with Crippen LogP contribution in [0.4, 0.5) is 0 Å². The zero-order valence-corrected chi connectivity index (χ0v) is 17.6. The van der Waals surface area contributed by atoms with Gasteiger partial charge in [-0.2, -0.15) is 0 Å². The number of rotatable bonds is 6. The Morgan fingerprint density at radius 3 is 2.20 bits per heavy atom. The first-order valence-corrected chi connectivity index (χ1v) is 11.4. The summed E-state index contributed by atoms with van der Waals surface area (Å²) in [5.74, 6) is 0.903. The third-order valence-corrected chi connectivity index (χ3v) is 7.11. The molecule has 3 fully saturated rings. The minimum Gasteiger partial charge on any atom is -0.352 e. The van der Waals surface area contributed by atoms with E-state index in [9.17, 15) is 4.79 Å². The number of piperidine rings is 1. The van der Waals surface area contributed by atoms with Gasteiger partial charge in [-0.1, -0.05) is 60.7 Å². The van der Waals surface area contributed by atoms with Crippen molar-refractivity contribution in [1.82, 2.24) is 21.1 Å². The Morgan fingerprint density at radius 2 is 1.60 bits per heavy atom. The summed E-state index contributed by atoms with van der Waals surface area (Å²) < 4.78 is 0. The molecule has 2 aromatic rings. The Hall–Kier alpha value is -2.21. The topological polar surface area (TPSA) is 56.4 Å². The van der Waals surface area contributed by atoms with Gasteiger partial charge in [0, 0.05) is 43.1 Å². The van der Waals surface area contributed by atoms with Gasteiger partial charge >= 0.3 is 0 Å². The zero-order chi connectivity index (χ0) is 20.5. The third kappa shape index (κ3) is 4.02. The van der Waals surface area contributed by atoms with Crippen LogP contribution in [0.25, 0.3) is 0 Å². The third-order valence-electron chi connectivity index (χ3n) is 7.11. The molecule has 4 unspecified atom stereocenters. The fraction of sp³-hybridized carbons (Fsp3) is 0.480. The first-order chi connectivity index (χ1) is 14.7. The van der Waals surface area contributed by atoms with Crippen LogP contribution in [0.2, 0.25) is 0 Å². The van der Waals surface area contributed by atoms with Crippen LogP contribution in [-0.2, 0) is 4.79 Å². The van der Waals surface area contributed by atoms with Crippen molar-refractivity contribution >= 4 is 5.91 Å². The molecule has 0 aromatic heterocycles. The van der Waals surface area contributed by atoms with E-state index in [1.807, 2.05) is 0 Å². The number of hydrogen-bond acceptors (Lipinski definition) is 4. The van der Waals surface area contributed by atoms with Gasteiger partial charge in [0.2, 0.25) is 5.91 Å². The van der Waals surface area contributed by atoms with Crippen molar-refractivity contribution in [2.75, 3.05) is 13.1 Å². The van der Waals surface area contributed by atoms with E-state index >= 15 is 0 Å². The largest absolute Gasteiger partial charge is 0.352 e. The molecule has 30 heavy (non-hydrogen) atoms. The molecule has 158 valence electrons. The molecule has 0 spiro atoms. The molecule has 1 saturated carbocycles. The van der Waals surface area contributed by atoms with Crippen LogP contribution in [0.5, 0.6) is 0 Å². The fourth-order valence-corrected chi connectivity index (χ4v) is 5.19. The molecule has 5 rings (SSSR count). The average molecular weight is 405 g/mol. The maximum atomic E-state index is 12.7. The highest BCUT2D eigenvalue weighted by atomic mass is 16.2. The van der Waals surface area contributed by atoms with Crippen molar-refractivity contribution in [3.8, 4) is 0 Å². The summed E-state index contributed by atoms with van der Waals surface area (Å²) in [5, 5.41) is 3.18. The van der Waals surface area contributed by atoms with E-state index in [0.717, 1.165) is 32.4 Å². The number of benzene rings is 2. The maximum Gasteiger partial charge on any atom is 0.237 e. The first kappa shape index (κ1) is 19.7. The standard InChI is InChI=1S/C25H32N4O/c1-17(25(30)26-20-12-13-20)29-15-14-22-21(16-29)24(28-27-22)23(18-8-4-2-5-9-18)19-10-6-3-7-11-19/h2-11,17,20-24,27-28H,12-16H2,1H3,(H,26,30). The molecule has 3 N–H and O–H groups in total. The number of carbonyl (C=O) groups is 1. The Morgan fingerprint density at radius 1 is 0.967 bits per heavy atom. The molecule has 4 atom stereocenters. The summed E-state index contributed by atoms with van der Waals surface area (Å²) in [7, 11) is 0. The van der Waals surface area contributed by atoms with Crippen LogP contribution < -0.4 is 16.2 Å². The van der Waals surface area contributed by atoms with Crippen LogP contribution >= 0.6 is 0 Å². The molecule has 2 heterocycles. The number of nitrogens with zero attached hydrogens (tertiary/aromatic N) is 1. The highest BCUT2D eigenvalue weighted by molar-refractivity contribution is 5.81. The van der Waals surface area contributed by atoms with Crippen molar-refractivity contribution in [1.29, 1.82) is 0 Å². The van der Waals surface area contributed by atoms with E-state index in [-0.39, 0.29) is 23.9 Å². The van der Waals surface area contributed by atoms with Crippen molar-refractivity contribution in [2.45, 2.75) is 56.3 Å². The van der Waals surface area contributed by atoms with Gasteiger partial charge in [0.25, 0.3) is 0 Å². The van der Waals surface area contributed by atoms with Crippen molar-refractivity contribution in [2.24, 2.45) is 5.92 Å². The maximum absolute atomic E-state index is 12.7. The normalized spacial score (nSPS) is 27.6. The van der Waals surface area contributed by atoms with E-state index in [1.54, 1.807) is 0 Å². The molecule has 0 bridgehead atoms. The second-order valence-electron chi connectivity index (χ2n) is 9.13. The Bertz CT molecular complexity index is 814. The number of hydrazine groups is 1. The van der Waals surface area contributed by atoms with Gasteiger partial charge in [-0.15, -0.1) is 0 Å². The van der Waals surface area contributed by atoms with E-state index in [2.05, 4.69) is 88.7 Å². The summed E-state index contributed by atoms with van der Waals surface area (Å²) in [6.45, 7) is 3.96. The highest BCUT2D eigenvalue weighted by Gasteiger charge is 2.45. The summed E-state index contributed by atoms with van der Waals surface area (Å²) >= 11 is 0. The van der Waals surface area contributed by atoms with E-state index in [4.69, 9.17) is 0 Å². The van der Waals surface area contributed by atoms with Crippen LogP contribution in [0, 0.1) is 5.92 Å². The summed E-state index contributed by atoms with van der Waals surface area (Å²) in [6, 6.07) is 22.7. The lowest BCUT2D eigenvalue weighted by molar-refractivity contribution is -0.126. The van der Waals surface area contributed by atoms with Gasteiger partial charge in [0.1, 0.15) is 0 Å². The van der Waals surface area contributed by atoms with Gasteiger partial charge in [0.05, 0.1) is 6.04 Å². The first-order valence-electron chi connectivity index (χ1n) is 11.4. The number of nitrogens with one attached hydrogen (secondary N) is 3. The Kier molecular flexibility index (Phi) is 5.59. The van der Waals surface area contributed by atoms with Gasteiger partial charge < -0.3 is 5.32 Å². The summed E-state index contributed by atoms with van der Waals surface area (Å²) in [6.07, 6.45) is 3.33. The second-order valence-corrected chi connectivity index (χ2v) is 9.13. The van der Waals surface area contributed by atoms with Crippen molar-refractivity contribution in [3.63, 3.8) is 0 Å². The molecule has 5 heteroatoms. The lowest BCUT2D eigenvalue weighted by Gasteiger charge is -2.40. The molecule has 0 radical (unpaired) electrons. The SMILES string of the molecule is CC(C(=O)NC1CC1)N1CCC2NNC(C(c3ccccc3)c3ccccc3)C2C1. The monoisotopic (exact) mass is 404 g/mol. The number of hydrogen-bond donors (Lipinski definition) is 3. The molecule has 3 aliphatic rings. The lowest BCUT2D eigenvalue weighted by Crippen LogP contribution is -2.54. The zero-order valence-electron chi connectivity index (χ0n) is 17.6. The van der Waals surface area contributed by atoms with Crippen molar-refractivity contribution in [3.05, 3.63) is 71.8 Å². The van der Waals surface area contributed by atoms with Crippen LogP contribution in [0.3, 0.4) is 0 Å². The Balaban J connectivity index is 1.38.